The van der Waals surface area contributed by atoms with Crippen molar-refractivity contribution in [3.8, 4) is 0 Å². The molecule has 1 nitrogen and oxygen atoms in total. The highest BCUT2D eigenvalue weighted by molar-refractivity contribution is 4.47. The minimum Gasteiger partial charge on any atom is -1.00 e. The zero-order valence-electron chi connectivity index (χ0n) is 16.6. The first-order chi connectivity index (χ1) is 10.8. The average Bonchev–Trinajstić information content (AvgIpc) is 2.52. The highest BCUT2D eigenvalue weighted by atomic mass is 79.9. The Bertz CT molecular complexity index is 176. The molecule has 23 heavy (non-hydrogen) atoms. The largest absolute Gasteiger partial charge is 1.00 e. The Balaban J connectivity index is 0. The van der Waals surface area contributed by atoms with Gasteiger partial charge >= 0.3 is 0 Å². The molecule has 0 atom stereocenters. The van der Waals surface area contributed by atoms with Crippen molar-refractivity contribution in [2.75, 3.05) is 20.1 Å². The van der Waals surface area contributed by atoms with Crippen LogP contribution in [-0.2, 0) is 0 Å². The summed E-state index contributed by atoms with van der Waals surface area (Å²) in [5.74, 6) is 0. The summed E-state index contributed by atoms with van der Waals surface area (Å²) < 4.78 is 0. The van der Waals surface area contributed by atoms with Gasteiger partial charge < -0.3 is 21.9 Å². The van der Waals surface area contributed by atoms with Crippen molar-refractivity contribution >= 4 is 0 Å². The van der Waals surface area contributed by atoms with E-state index in [9.17, 15) is 0 Å². The van der Waals surface area contributed by atoms with Crippen LogP contribution in [0, 0.1) is 0 Å². The molecule has 2 heteroatoms. The molecule has 0 aromatic carbocycles. The molecule has 1 N–H and O–H groups in total. The van der Waals surface area contributed by atoms with Gasteiger partial charge in [-0.15, -0.1) is 0 Å². The number of quaternary nitrogens is 1. The number of nitrogens with one attached hydrogen (secondary N) is 1. The standard InChI is InChI=1S/C21H45N.BrH/c1-4-6-8-10-12-14-16-18-20-22(3)21-19-17-15-13-11-9-7-5-2;/h4-21H2,1-3H3;1H. The zero-order valence-corrected chi connectivity index (χ0v) is 18.2. The normalized spacial score (nSPS) is 11.0. The monoisotopic (exact) mass is 391 g/mol. The first-order valence-electron chi connectivity index (χ1n) is 10.6. The van der Waals surface area contributed by atoms with E-state index in [-0.39, 0.29) is 17.0 Å². The van der Waals surface area contributed by atoms with Gasteiger partial charge in [0.1, 0.15) is 0 Å². The molecule has 0 aliphatic carbocycles. The Labute approximate surface area is 158 Å². The van der Waals surface area contributed by atoms with Crippen LogP contribution in [0.4, 0.5) is 0 Å². The van der Waals surface area contributed by atoms with Crippen molar-refractivity contribution in [1.82, 2.24) is 0 Å². The third-order valence-electron chi connectivity index (χ3n) is 4.91. The molecule has 0 spiro atoms. The van der Waals surface area contributed by atoms with Crippen molar-refractivity contribution in [2.45, 2.75) is 117 Å². The summed E-state index contributed by atoms with van der Waals surface area (Å²) in [5.41, 5.74) is 0. The molecule has 0 aromatic rings. The van der Waals surface area contributed by atoms with Crippen molar-refractivity contribution < 1.29 is 21.9 Å². The molecule has 0 fully saturated rings. The molecule has 0 aromatic heterocycles. The average molecular weight is 393 g/mol. The maximum absolute atomic E-state index is 2.39. The fraction of sp³-hybridized carbons (Fsp3) is 1.00. The van der Waals surface area contributed by atoms with Gasteiger partial charge in [-0.05, 0) is 25.7 Å². The second-order valence-corrected chi connectivity index (χ2v) is 7.41. The molecular formula is C21H46BrN. The SMILES string of the molecule is CCCCCCCCCC[NH+](C)CCCCCCCCCC.[Br-]. The van der Waals surface area contributed by atoms with Crippen LogP contribution < -0.4 is 21.9 Å². The molecule has 0 saturated heterocycles. The Morgan fingerprint density at radius 2 is 0.696 bits per heavy atom. The van der Waals surface area contributed by atoms with Crippen LogP contribution in [0.5, 0.6) is 0 Å². The minimum absolute atomic E-state index is 0. The summed E-state index contributed by atoms with van der Waals surface area (Å²) in [4.78, 5) is 1.76. The molecule has 142 valence electrons. The maximum atomic E-state index is 2.39. The van der Waals surface area contributed by atoms with E-state index in [1.807, 2.05) is 0 Å². The molecule has 0 bridgehead atoms. The summed E-state index contributed by atoms with van der Waals surface area (Å²) in [5, 5.41) is 0. The van der Waals surface area contributed by atoms with Gasteiger partial charge in [0.25, 0.3) is 0 Å². The van der Waals surface area contributed by atoms with Gasteiger partial charge in [-0.3, -0.25) is 0 Å². The van der Waals surface area contributed by atoms with E-state index in [1.165, 1.54) is 116 Å². The van der Waals surface area contributed by atoms with Crippen LogP contribution in [0.25, 0.3) is 0 Å². The van der Waals surface area contributed by atoms with Gasteiger partial charge in [-0.25, -0.2) is 0 Å². The fourth-order valence-electron chi connectivity index (χ4n) is 3.25. The van der Waals surface area contributed by atoms with E-state index in [0.717, 1.165) is 0 Å². The smallest absolute Gasteiger partial charge is 0.0768 e. The number of halogens is 1. The third kappa shape index (κ3) is 22.4. The molecule has 0 heterocycles. The molecule has 0 saturated carbocycles. The van der Waals surface area contributed by atoms with Crippen LogP contribution in [0.1, 0.15) is 117 Å². The van der Waals surface area contributed by atoms with E-state index >= 15 is 0 Å². The first kappa shape index (κ1) is 25.7. The van der Waals surface area contributed by atoms with E-state index in [4.69, 9.17) is 0 Å². The van der Waals surface area contributed by atoms with E-state index in [2.05, 4.69) is 20.9 Å². The van der Waals surface area contributed by atoms with Gasteiger partial charge in [-0.1, -0.05) is 90.9 Å². The van der Waals surface area contributed by atoms with Crippen LogP contribution in [0.3, 0.4) is 0 Å². The number of unbranched alkanes of at least 4 members (excludes halogenated alkanes) is 14. The fourth-order valence-corrected chi connectivity index (χ4v) is 3.25. The van der Waals surface area contributed by atoms with Gasteiger partial charge in [0.05, 0.1) is 20.1 Å². The number of hydrogen-bond acceptors (Lipinski definition) is 0. The Kier molecular flexibility index (Phi) is 25.1. The minimum atomic E-state index is 0. The van der Waals surface area contributed by atoms with Crippen molar-refractivity contribution in [3.63, 3.8) is 0 Å². The summed E-state index contributed by atoms with van der Waals surface area (Å²) >= 11 is 0. The second-order valence-electron chi connectivity index (χ2n) is 7.41. The quantitative estimate of drug-likeness (QED) is 0.342. The molecule has 0 amide bonds. The lowest BCUT2D eigenvalue weighted by Gasteiger charge is -2.13. The summed E-state index contributed by atoms with van der Waals surface area (Å²) in [6.45, 7) is 7.38. The molecule has 0 rings (SSSR count). The van der Waals surface area contributed by atoms with Crippen molar-refractivity contribution in [1.29, 1.82) is 0 Å². The zero-order chi connectivity index (χ0) is 16.3. The maximum Gasteiger partial charge on any atom is 0.0768 e. The van der Waals surface area contributed by atoms with E-state index in [0.29, 0.717) is 0 Å². The van der Waals surface area contributed by atoms with Crippen LogP contribution in [-0.4, -0.2) is 20.1 Å². The molecular weight excluding hydrogens is 346 g/mol. The van der Waals surface area contributed by atoms with Crippen molar-refractivity contribution in [2.24, 2.45) is 0 Å². The van der Waals surface area contributed by atoms with E-state index < -0.39 is 0 Å². The molecule has 0 aliphatic heterocycles. The van der Waals surface area contributed by atoms with Crippen molar-refractivity contribution in [3.05, 3.63) is 0 Å². The molecule has 0 unspecified atom stereocenters. The second kappa shape index (κ2) is 22.4. The highest BCUT2D eigenvalue weighted by Gasteiger charge is 2.01. The Morgan fingerprint density at radius 1 is 0.435 bits per heavy atom. The Morgan fingerprint density at radius 3 is 1.00 bits per heavy atom. The van der Waals surface area contributed by atoms with Gasteiger partial charge in [0.2, 0.25) is 0 Å². The Hall–Kier alpha value is 0.440. The highest BCUT2D eigenvalue weighted by Crippen LogP contribution is 2.08. The van der Waals surface area contributed by atoms with Gasteiger partial charge in [-0.2, -0.15) is 0 Å². The molecule has 0 radical (unpaired) electrons. The summed E-state index contributed by atoms with van der Waals surface area (Å²) in [6, 6.07) is 0. The van der Waals surface area contributed by atoms with Crippen LogP contribution in [0.2, 0.25) is 0 Å². The summed E-state index contributed by atoms with van der Waals surface area (Å²) in [6.07, 6.45) is 23.1. The molecule has 0 aliphatic rings. The summed E-state index contributed by atoms with van der Waals surface area (Å²) in [7, 11) is 2.39. The number of hydrogen-bond donors (Lipinski definition) is 1. The van der Waals surface area contributed by atoms with E-state index in [1.54, 1.807) is 4.90 Å². The van der Waals surface area contributed by atoms with Gasteiger partial charge in [0, 0.05) is 0 Å². The lowest BCUT2D eigenvalue weighted by Crippen LogP contribution is -3.09. The van der Waals surface area contributed by atoms with Crippen LogP contribution in [0.15, 0.2) is 0 Å². The van der Waals surface area contributed by atoms with Gasteiger partial charge in [0.15, 0.2) is 0 Å². The third-order valence-corrected chi connectivity index (χ3v) is 4.91. The topological polar surface area (TPSA) is 4.44 Å². The van der Waals surface area contributed by atoms with Crippen LogP contribution >= 0.6 is 0 Å². The number of rotatable bonds is 18. The predicted octanol–water partition coefficient (Wildman–Crippen LogP) is 2.79. The lowest BCUT2D eigenvalue weighted by molar-refractivity contribution is -0.880. The first-order valence-corrected chi connectivity index (χ1v) is 10.6. The predicted molar refractivity (Wildman–Crippen MR) is 102 cm³/mol. The lowest BCUT2D eigenvalue weighted by atomic mass is 10.1.